The predicted octanol–water partition coefficient (Wildman–Crippen LogP) is 1.75. The van der Waals surface area contributed by atoms with Crippen LogP contribution in [0.4, 0.5) is 0 Å². The van der Waals surface area contributed by atoms with Crippen molar-refractivity contribution < 1.29 is 19.4 Å². The summed E-state index contributed by atoms with van der Waals surface area (Å²) in [7, 11) is 0. The average Bonchev–Trinajstić information content (AvgIpc) is 3.07. The number of hydrogen-bond acceptors (Lipinski definition) is 4. The fourth-order valence-corrected chi connectivity index (χ4v) is 2.92. The zero-order chi connectivity index (χ0) is 19.2. The van der Waals surface area contributed by atoms with Gasteiger partial charge in [-0.3, -0.25) is 9.59 Å². The van der Waals surface area contributed by atoms with Gasteiger partial charge >= 0.3 is 0 Å². The van der Waals surface area contributed by atoms with Gasteiger partial charge in [-0.2, -0.15) is 0 Å². The molecule has 0 spiro atoms. The molecule has 1 aliphatic rings. The minimum Gasteiger partial charge on any atom is -0.486 e. The molecule has 1 aliphatic heterocycles. The van der Waals surface area contributed by atoms with Crippen LogP contribution in [0.1, 0.15) is 15.9 Å². The number of para-hydroxylation sites is 1. The summed E-state index contributed by atoms with van der Waals surface area (Å²) in [5, 5.41) is 12.9. The number of nitrogens with zero attached hydrogens (tertiary/aromatic N) is 1. The average molecular weight is 366 g/mol. The lowest BCUT2D eigenvalue weighted by atomic mass is 10.1. The molecular weight excluding hydrogens is 344 g/mol. The van der Waals surface area contributed by atoms with E-state index in [9.17, 15) is 14.7 Å². The Balaban J connectivity index is 1.59. The van der Waals surface area contributed by atoms with Gasteiger partial charge < -0.3 is 20.1 Å². The molecule has 2 atom stereocenters. The summed E-state index contributed by atoms with van der Waals surface area (Å²) in [5.41, 5.74) is 1.41. The first kappa shape index (κ1) is 18.7. The number of amides is 2. The highest BCUT2D eigenvalue weighted by molar-refractivity contribution is 5.94. The lowest BCUT2D eigenvalue weighted by Crippen LogP contribution is -2.31. The van der Waals surface area contributed by atoms with Crippen LogP contribution >= 0.6 is 0 Å². The molecule has 1 heterocycles. The Kier molecular flexibility index (Phi) is 5.88. The van der Waals surface area contributed by atoms with E-state index in [0.29, 0.717) is 24.4 Å². The van der Waals surface area contributed by atoms with Gasteiger partial charge in [-0.25, -0.2) is 0 Å². The van der Waals surface area contributed by atoms with Crippen molar-refractivity contribution in [2.45, 2.75) is 18.8 Å². The number of likely N-dealkylation sites (tertiary alicyclic amines) is 1. The van der Waals surface area contributed by atoms with Crippen LogP contribution < -0.4 is 10.1 Å². The Morgan fingerprint density at radius 3 is 2.52 bits per heavy atom. The van der Waals surface area contributed by atoms with Crippen molar-refractivity contribution in [3.8, 4) is 5.75 Å². The highest BCUT2D eigenvalue weighted by Gasteiger charge is 2.36. The Bertz CT molecular complexity index is 805. The molecule has 0 aliphatic carbocycles. The smallest absolute Gasteiger partial charge is 0.254 e. The lowest BCUT2D eigenvalue weighted by molar-refractivity contribution is -0.116. The highest BCUT2D eigenvalue weighted by Crippen LogP contribution is 2.20. The number of carbonyl (C=O) groups is 2. The summed E-state index contributed by atoms with van der Waals surface area (Å²) in [6, 6.07) is 16.3. The molecule has 0 radical (unpaired) electrons. The maximum absolute atomic E-state index is 12.7. The van der Waals surface area contributed by atoms with Crippen molar-refractivity contribution in [3.05, 3.63) is 78.4 Å². The first-order valence-corrected chi connectivity index (χ1v) is 8.75. The van der Waals surface area contributed by atoms with Gasteiger partial charge in [0.15, 0.2) is 0 Å². The van der Waals surface area contributed by atoms with Gasteiger partial charge in [-0.15, -0.1) is 0 Å². The van der Waals surface area contributed by atoms with Crippen LogP contribution in [-0.2, 0) is 11.3 Å². The topological polar surface area (TPSA) is 78.9 Å². The van der Waals surface area contributed by atoms with Crippen molar-refractivity contribution in [1.82, 2.24) is 10.2 Å². The molecule has 2 N–H and O–H groups in total. The monoisotopic (exact) mass is 366 g/mol. The van der Waals surface area contributed by atoms with Crippen LogP contribution in [0, 0.1) is 0 Å². The van der Waals surface area contributed by atoms with Crippen LogP contribution in [-0.4, -0.2) is 47.1 Å². The predicted molar refractivity (Wildman–Crippen MR) is 101 cm³/mol. The third-order valence-electron chi connectivity index (χ3n) is 4.41. The van der Waals surface area contributed by atoms with Gasteiger partial charge in [-0.05, 0) is 35.9 Å². The molecule has 6 heteroatoms. The first-order valence-electron chi connectivity index (χ1n) is 8.75. The van der Waals surface area contributed by atoms with Gasteiger partial charge in [-0.1, -0.05) is 36.9 Å². The van der Waals surface area contributed by atoms with Crippen molar-refractivity contribution in [1.29, 1.82) is 0 Å². The molecule has 0 saturated carbocycles. The maximum atomic E-state index is 12.7. The quantitative estimate of drug-likeness (QED) is 0.764. The van der Waals surface area contributed by atoms with E-state index in [2.05, 4.69) is 11.9 Å². The van der Waals surface area contributed by atoms with Gasteiger partial charge in [0, 0.05) is 12.1 Å². The van der Waals surface area contributed by atoms with Crippen molar-refractivity contribution in [2.24, 2.45) is 0 Å². The summed E-state index contributed by atoms with van der Waals surface area (Å²) in [6.45, 7) is 4.32. The second kappa shape index (κ2) is 8.51. The standard InChI is InChI=1S/C21H22N2O4/c1-2-20(25)22-12-15-8-10-16(11-9-15)21(26)23-13-18(24)19(14-23)27-17-6-4-3-5-7-17/h2-11,18-19,24H,1,12-14H2,(H,22,25)/t18-,19-/m1/s1. The number of carbonyl (C=O) groups excluding carboxylic acids is 2. The molecule has 0 bridgehead atoms. The second-order valence-electron chi connectivity index (χ2n) is 6.37. The number of hydrogen-bond donors (Lipinski definition) is 2. The van der Waals surface area contributed by atoms with E-state index in [0.717, 1.165) is 5.56 Å². The molecular formula is C21H22N2O4. The van der Waals surface area contributed by atoms with Crippen LogP contribution in [0.3, 0.4) is 0 Å². The fraction of sp³-hybridized carbons (Fsp3) is 0.238. The summed E-state index contributed by atoms with van der Waals surface area (Å²) in [5.74, 6) is 0.266. The largest absolute Gasteiger partial charge is 0.486 e. The second-order valence-corrected chi connectivity index (χ2v) is 6.37. The van der Waals surface area contributed by atoms with E-state index in [1.54, 1.807) is 29.2 Å². The van der Waals surface area contributed by atoms with E-state index in [4.69, 9.17) is 4.74 Å². The highest BCUT2D eigenvalue weighted by atomic mass is 16.5. The van der Waals surface area contributed by atoms with Gasteiger partial charge in [0.2, 0.25) is 5.91 Å². The Morgan fingerprint density at radius 1 is 1.15 bits per heavy atom. The summed E-state index contributed by atoms with van der Waals surface area (Å²) in [4.78, 5) is 25.5. The summed E-state index contributed by atoms with van der Waals surface area (Å²) in [6.07, 6.45) is 0.0251. The van der Waals surface area contributed by atoms with E-state index < -0.39 is 12.2 Å². The number of rotatable bonds is 6. The number of ether oxygens (including phenoxy) is 1. The Labute approximate surface area is 158 Å². The molecule has 1 saturated heterocycles. The normalized spacial score (nSPS) is 18.8. The van der Waals surface area contributed by atoms with E-state index in [-0.39, 0.29) is 18.4 Å². The van der Waals surface area contributed by atoms with Crippen LogP contribution in [0.2, 0.25) is 0 Å². The third-order valence-corrected chi connectivity index (χ3v) is 4.41. The number of benzene rings is 2. The lowest BCUT2D eigenvalue weighted by Gasteiger charge is -2.17. The summed E-state index contributed by atoms with van der Waals surface area (Å²) >= 11 is 0. The summed E-state index contributed by atoms with van der Waals surface area (Å²) < 4.78 is 5.80. The Hall–Kier alpha value is -3.12. The van der Waals surface area contributed by atoms with E-state index >= 15 is 0 Å². The van der Waals surface area contributed by atoms with Gasteiger partial charge in [0.25, 0.3) is 5.91 Å². The molecule has 0 unspecified atom stereocenters. The molecule has 1 fully saturated rings. The van der Waals surface area contributed by atoms with Crippen molar-refractivity contribution in [2.75, 3.05) is 13.1 Å². The van der Waals surface area contributed by atoms with E-state index in [1.807, 2.05) is 30.3 Å². The molecule has 0 aromatic heterocycles. The van der Waals surface area contributed by atoms with Crippen molar-refractivity contribution >= 4 is 11.8 Å². The van der Waals surface area contributed by atoms with E-state index in [1.165, 1.54) is 6.08 Å². The maximum Gasteiger partial charge on any atom is 0.254 e. The number of aliphatic hydroxyl groups is 1. The molecule has 2 aromatic rings. The molecule has 140 valence electrons. The number of β-amino-alcohol motifs (C(OH)–C–C–N with tert-alkyl or cyclic N) is 1. The molecule has 27 heavy (non-hydrogen) atoms. The minimum absolute atomic E-state index is 0.158. The third kappa shape index (κ3) is 4.74. The molecule has 2 aromatic carbocycles. The van der Waals surface area contributed by atoms with Crippen LogP contribution in [0.25, 0.3) is 0 Å². The van der Waals surface area contributed by atoms with Crippen LogP contribution in [0.15, 0.2) is 67.3 Å². The molecule has 6 nitrogen and oxygen atoms in total. The fourth-order valence-electron chi connectivity index (χ4n) is 2.92. The minimum atomic E-state index is -0.734. The number of nitrogens with one attached hydrogen (secondary N) is 1. The van der Waals surface area contributed by atoms with Gasteiger partial charge in [0.05, 0.1) is 13.1 Å². The number of aliphatic hydroxyl groups excluding tert-OH is 1. The van der Waals surface area contributed by atoms with Gasteiger partial charge in [0.1, 0.15) is 18.0 Å². The first-order chi connectivity index (χ1) is 13.1. The Morgan fingerprint density at radius 2 is 1.85 bits per heavy atom. The SMILES string of the molecule is C=CC(=O)NCc1ccc(C(=O)N2C[C@@H](O)[C@H](Oc3ccccc3)C2)cc1. The zero-order valence-electron chi connectivity index (χ0n) is 14.9. The molecule has 3 rings (SSSR count). The van der Waals surface area contributed by atoms with Crippen molar-refractivity contribution in [3.63, 3.8) is 0 Å². The molecule has 2 amide bonds. The zero-order valence-corrected chi connectivity index (χ0v) is 14.9. The van der Waals surface area contributed by atoms with Crippen LogP contribution in [0.5, 0.6) is 5.75 Å².